The molecule has 3 heteroatoms. The number of hydrogen-bond acceptors (Lipinski definition) is 3. The third kappa shape index (κ3) is 5.97. The largest absolute Gasteiger partial charge is 0.468 e. The first-order valence-corrected chi connectivity index (χ1v) is 5.57. The van der Waals surface area contributed by atoms with E-state index in [2.05, 4.69) is 19.2 Å². The fourth-order valence-corrected chi connectivity index (χ4v) is 1.31. The van der Waals surface area contributed by atoms with Gasteiger partial charge in [0.15, 0.2) is 0 Å². The molecule has 0 aromatic carbocycles. The average Bonchev–Trinajstić information content (AvgIpc) is 2.22. The van der Waals surface area contributed by atoms with E-state index in [9.17, 15) is 4.79 Å². The van der Waals surface area contributed by atoms with Crippen molar-refractivity contribution in [3.63, 3.8) is 0 Å². The number of carbonyl (C=O) groups excluding carboxylic acids is 1. The predicted molar refractivity (Wildman–Crippen MR) is 58.2 cm³/mol. The third-order valence-corrected chi connectivity index (χ3v) is 2.25. The quantitative estimate of drug-likeness (QED) is 0.483. The zero-order chi connectivity index (χ0) is 10.8. The summed E-state index contributed by atoms with van der Waals surface area (Å²) in [7, 11) is 1.45. The molecule has 84 valence electrons. The second kappa shape index (κ2) is 9.00. The van der Waals surface area contributed by atoms with Gasteiger partial charge in [-0.1, -0.05) is 33.1 Å². The van der Waals surface area contributed by atoms with E-state index in [-0.39, 0.29) is 12.0 Å². The van der Waals surface area contributed by atoms with E-state index < -0.39 is 0 Å². The Morgan fingerprint density at radius 3 is 2.43 bits per heavy atom. The molecule has 0 aromatic heterocycles. The average molecular weight is 201 g/mol. The number of carbonyl (C=O) groups is 1. The van der Waals surface area contributed by atoms with E-state index in [1.807, 2.05) is 0 Å². The Bertz CT molecular complexity index is 148. The van der Waals surface area contributed by atoms with Crippen LogP contribution in [0.4, 0.5) is 0 Å². The molecule has 0 amide bonds. The number of nitrogens with one attached hydrogen (secondary N) is 1. The van der Waals surface area contributed by atoms with Gasteiger partial charge in [-0.05, 0) is 19.4 Å². The van der Waals surface area contributed by atoms with Crippen molar-refractivity contribution in [1.29, 1.82) is 0 Å². The second-order valence-electron chi connectivity index (χ2n) is 3.53. The summed E-state index contributed by atoms with van der Waals surface area (Å²) in [5.74, 6) is -0.130. The van der Waals surface area contributed by atoms with Crippen molar-refractivity contribution in [2.45, 2.75) is 52.0 Å². The van der Waals surface area contributed by atoms with Crippen molar-refractivity contribution in [2.75, 3.05) is 13.7 Å². The van der Waals surface area contributed by atoms with Gasteiger partial charge < -0.3 is 10.1 Å². The van der Waals surface area contributed by atoms with E-state index in [1.165, 1.54) is 7.11 Å². The van der Waals surface area contributed by atoms with Crippen LogP contribution in [-0.4, -0.2) is 25.7 Å². The Balaban J connectivity index is 3.78. The molecule has 0 aliphatic rings. The molecule has 0 aromatic rings. The molecule has 1 atom stereocenters. The SMILES string of the molecule is CCCCNC(CCCC)C(=O)OC. The van der Waals surface area contributed by atoms with Crippen molar-refractivity contribution in [3.05, 3.63) is 0 Å². The zero-order valence-electron chi connectivity index (χ0n) is 9.64. The van der Waals surface area contributed by atoms with Gasteiger partial charge in [0, 0.05) is 0 Å². The van der Waals surface area contributed by atoms with Crippen LogP contribution in [0.25, 0.3) is 0 Å². The highest BCUT2D eigenvalue weighted by molar-refractivity contribution is 5.75. The number of hydrogen-bond donors (Lipinski definition) is 1. The fourth-order valence-electron chi connectivity index (χ4n) is 1.31. The molecular weight excluding hydrogens is 178 g/mol. The topological polar surface area (TPSA) is 38.3 Å². The Morgan fingerprint density at radius 1 is 1.29 bits per heavy atom. The monoisotopic (exact) mass is 201 g/mol. The molecule has 14 heavy (non-hydrogen) atoms. The molecule has 0 aliphatic heterocycles. The van der Waals surface area contributed by atoms with Gasteiger partial charge in [0.05, 0.1) is 7.11 Å². The lowest BCUT2D eigenvalue weighted by atomic mass is 10.1. The lowest BCUT2D eigenvalue weighted by Crippen LogP contribution is -2.38. The van der Waals surface area contributed by atoms with Gasteiger partial charge in [-0.3, -0.25) is 4.79 Å². The normalized spacial score (nSPS) is 12.5. The van der Waals surface area contributed by atoms with E-state index in [4.69, 9.17) is 4.74 Å². The third-order valence-electron chi connectivity index (χ3n) is 2.25. The van der Waals surface area contributed by atoms with Crippen LogP contribution < -0.4 is 5.32 Å². The van der Waals surface area contributed by atoms with Gasteiger partial charge in [-0.15, -0.1) is 0 Å². The smallest absolute Gasteiger partial charge is 0.322 e. The minimum Gasteiger partial charge on any atom is -0.468 e. The van der Waals surface area contributed by atoms with Crippen LogP contribution in [0.5, 0.6) is 0 Å². The Kier molecular flexibility index (Phi) is 8.64. The van der Waals surface area contributed by atoms with Gasteiger partial charge >= 0.3 is 5.97 Å². The number of methoxy groups -OCH3 is 1. The Hall–Kier alpha value is -0.570. The summed E-state index contributed by atoms with van der Waals surface area (Å²) in [5.41, 5.74) is 0. The lowest BCUT2D eigenvalue weighted by molar-refractivity contribution is -0.143. The highest BCUT2D eigenvalue weighted by atomic mass is 16.5. The maximum absolute atomic E-state index is 11.3. The van der Waals surface area contributed by atoms with E-state index in [0.29, 0.717) is 0 Å². The van der Waals surface area contributed by atoms with Gasteiger partial charge in [0.25, 0.3) is 0 Å². The molecule has 1 N–H and O–H groups in total. The maximum Gasteiger partial charge on any atom is 0.322 e. The molecule has 3 nitrogen and oxygen atoms in total. The van der Waals surface area contributed by atoms with E-state index >= 15 is 0 Å². The van der Waals surface area contributed by atoms with E-state index in [1.54, 1.807) is 0 Å². The van der Waals surface area contributed by atoms with E-state index in [0.717, 1.165) is 38.6 Å². The standard InChI is InChI=1S/C11H23NO2/c1-4-6-8-10(11(13)14-3)12-9-7-5-2/h10,12H,4-9H2,1-3H3. The van der Waals surface area contributed by atoms with Crippen LogP contribution in [0, 0.1) is 0 Å². The predicted octanol–water partition coefficient (Wildman–Crippen LogP) is 2.11. The Morgan fingerprint density at radius 2 is 1.93 bits per heavy atom. The maximum atomic E-state index is 11.3. The Labute approximate surface area is 87.2 Å². The highest BCUT2D eigenvalue weighted by Crippen LogP contribution is 2.02. The first-order chi connectivity index (χ1) is 6.76. The molecule has 0 rings (SSSR count). The van der Waals surface area contributed by atoms with Crippen molar-refractivity contribution in [3.8, 4) is 0 Å². The molecule has 0 fully saturated rings. The number of rotatable bonds is 8. The minimum atomic E-state index is -0.130. The summed E-state index contributed by atoms with van der Waals surface area (Å²) in [6.45, 7) is 5.17. The minimum absolute atomic E-state index is 0.105. The van der Waals surface area contributed by atoms with Crippen molar-refractivity contribution >= 4 is 5.97 Å². The number of unbranched alkanes of at least 4 members (excludes halogenated alkanes) is 2. The van der Waals surface area contributed by atoms with Gasteiger partial charge in [-0.2, -0.15) is 0 Å². The molecule has 1 unspecified atom stereocenters. The van der Waals surface area contributed by atoms with Crippen LogP contribution in [0.15, 0.2) is 0 Å². The van der Waals surface area contributed by atoms with Gasteiger partial charge in [0.2, 0.25) is 0 Å². The molecule has 0 heterocycles. The van der Waals surface area contributed by atoms with Crippen LogP contribution in [-0.2, 0) is 9.53 Å². The van der Waals surface area contributed by atoms with Crippen LogP contribution in [0.2, 0.25) is 0 Å². The number of ether oxygens (including phenoxy) is 1. The molecule has 0 radical (unpaired) electrons. The number of esters is 1. The molecular formula is C11H23NO2. The lowest BCUT2D eigenvalue weighted by Gasteiger charge is -2.15. The molecule has 0 saturated heterocycles. The molecule has 0 aliphatic carbocycles. The zero-order valence-corrected chi connectivity index (χ0v) is 9.64. The molecule has 0 spiro atoms. The van der Waals surface area contributed by atoms with Crippen molar-refractivity contribution in [1.82, 2.24) is 5.32 Å². The molecule has 0 bridgehead atoms. The highest BCUT2D eigenvalue weighted by Gasteiger charge is 2.16. The summed E-state index contributed by atoms with van der Waals surface area (Å²) in [6.07, 6.45) is 5.32. The first-order valence-electron chi connectivity index (χ1n) is 5.57. The van der Waals surface area contributed by atoms with Crippen LogP contribution >= 0.6 is 0 Å². The van der Waals surface area contributed by atoms with Crippen LogP contribution in [0.1, 0.15) is 46.0 Å². The summed E-state index contributed by atoms with van der Waals surface area (Å²) >= 11 is 0. The van der Waals surface area contributed by atoms with Crippen molar-refractivity contribution in [2.24, 2.45) is 0 Å². The van der Waals surface area contributed by atoms with Gasteiger partial charge in [0.1, 0.15) is 6.04 Å². The van der Waals surface area contributed by atoms with Crippen molar-refractivity contribution < 1.29 is 9.53 Å². The summed E-state index contributed by atoms with van der Waals surface area (Å²) in [6, 6.07) is -0.105. The summed E-state index contributed by atoms with van der Waals surface area (Å²) < 4.78 is 4.74. The summed E-state index contributed by atoms with van der Waals surface area (Å²) in [5, 5.41) is 3.23. The first kappa shape index (κ1) is 13.4. The van der Waals surface area contributed by atoms with Gasteiger partial charge in [-0.25, -0.2) is 0 Å². The molecule has 0 saturated carbocycles. The fraction of sp³-hybridized carbons (Fsp3) is 0.909. The van der Waals surface area contributed by atoms with Crippen LogP contribution in [0.3, 0.4) is 0 Å². The second-order valence-corrected chi connectivity index (χ2v) is 3.53. The summed E-state index contributed by atoms with van der Waals surface area (Å²) in [4.78, 5) is 11.3.